The molecule has 0 fully saturated rings. The summed E-state index contributed by atoms with van der Waals surface area (Å²) in [5.74, 6) is 1.36. The molecule has 1 atom stereocenters. The van der Waals surface area contributed by atoms with E-state index < -0.39 is 6.10 Å². The Labute approximate surface area is 115 Å². The van der Waals surface area contributed by atoms with Gasteiger partial charge < -0.3 is 9.84 Å². The lowest BCUT2D eigenvalue weighted by molar-refractivity contribution is 0.0698. The monoisotopic (exact) mass is 270 g/mol. The van der Waals surface area contributed by atoms with E-state index in [1.165, 1.54) is 0 Å². The molecule has 0 bridgehead atoms. The van der Waals surface area contributed by atoms with Crippen molar-refractivity contribution >= 4 is 11.6 Å². The molecular formula is C15H23ClO2. The summed E-state index contributed by atoms with van der Waals surface area (Å²) in [4.78, 5) is 0. The van der Waals surface area contributed by atoms with E-state index in [0.717, 1.165) is 21.9 Å². The third kappa shape index (κ3) is 3.89. The fourth-order valence-electron chi connectivity index (χ4n) is 1.63. The minimum Gasteiger partial charge on any atom is -0.491 e. The van der Waals surface area contributed by atoms with Gasteiger partial charge in [0.2, 0.25) is 0 Å². The number of halogens is 1. The van der Waals surface area contributed by atoms with Gasteiger partial charge in [0.15, 0.2) is 0 Å². The summed E-state index contributed by atoms with van der Waals surface area (Å²) >= 11 is 6.20. The minimum atomic E-state index is -0.442. The van der Waals surface area contributed by atoms with Crippen molar-refractivity contribution in [1.29, 1.82) is 0 Å². The van der Waals surface area contributed by atoms with Crippen LogP contribution < -0.4 is 4.74 Å². The van der Waals surface area contributed by atoms with Crippen molar-refractivity contribution in [3.8, 4) is 5.75 Å². The number of benzene rings is 1. The Morgan fingerprint density at radius 3 is 2.33 bits per heavy atom. The number of aliphatic hydroxyl groups excluding tert-OH is 1. The Bertz CT molecular complexity index is 400. The highest BCUT2D eigenvalue weighted by Gasteiger charge is 2.13. The SMILES string of the molecule is Cc1cc(Cl)c(C(C)C)cc1OCC(O)C(C)C. The molecule has 0 spiro atoms. The van der Waals surface area contributed by atoms with Crippen molar-refractivity contribution < 1.29 is 9.84 Å². The summed E-state index contributed by atoms with van der Waals surface area (Å²) in [5, 5.41) is 10.5. The van der Waals surface area contributed by atoms with Crippen LogP contribution in [0.4, 0.5) is 0 Å². The van der Waals surface area contributed by atoms with Crippen molar-refractivity contribution in [3.63, 3.8) is 0 Å². The maximum absolute atomic E-state index is 9.76. The molecule has 0 saturated carbocycles. The Hall–Kier alpha value is -0.730. The van der Waals surface area contributed by atoms with Gasteiger partial charge in [-0.2, -0.15) is 0 Å². The summed E-state index contributed by atoms with van der Waals surface area (Å²) in [6.45, 7) is 10.4. The van der Waals surface area contributed by atoms with Crippen LogP contribution in [0.3, 0.4) is 0 Å². The summed E-state index contributed by atoms with van der Waals surface area (Å²) in [6, 6.07) is 3.91. The van der Waals surface area contributed by atoms with Crippen molar-refractivity contribution in [2.45, 2.75) is 46.6 Å². The zero-order valence-electron chi connectivity index (χ0n) is 11.8. The average Bonchev–Trinajstić information content (AvgIpc) is 2.26. The molecule has 0 radical (unpaired) electrons. The van der Waals surface area contributed by atoms with Gasteiger partial charge in [-0.15, -0.1) is 0 Å². The number of rotatable bonds is 5. The topological polar surface area (TPSA) is 29.5 Å². The molecule has 0 aromatic heterocycles. The van der Waals surface area contributed by atoms with Crippen molar-refractivity contribution in [1.82, 2.24) is 0 Å². The van der Waals surface area contributed by atoms with Crippen LogP contribution in [0, 0.1) is 12.8 Å². The summed E-state index contributed by atoms with van der Waals surface area (Å²) in [6.07, 6.45) is -0.442. The molecule has 0 amide bonds. The molecule has 1 aromatic rings. The van der Waals surface area contributed by atoms with Gasteiger partial charge in [0.05, 0.1) is 6.10 Å². The first kappa shape index (κ1) is 15.3. The summed E-state index contributed by atoms with van der Waals surface area (Å²) < 4.78 is 5.70. The molecule has 1 aromatic carbocycles. The highest BCUT2D eigenvalue weighted by atomic mass is 35.5. The minimum absolute atomic E-state index is 0.196. The van der Waals surface area contributed by atoms with Crippen LogP contribution in [0.5, 0.6) is 5.75 Å². The van der Waals surface area contributed by atoms with Gasteiger partial charge >= 0.3 is 0 Å². The molecule has 0 heterocycles. The highest BCUT2D eigenvalue weighted by Crippen LogP contribution is 2.31. The Kier molecular flexibility index (Phi) is 5.48. The van der Waals surface area contributed by atoms with Gasteiger partial charge in [0.1, 0.15) is 12.4 Å². The number of aryl methyl sites for hydroxylation is 1. The second-order valence-electron chi connectivity index (χ2n) is 5.42. The van der Waals surface area contributed by atoms with Gasteiger partial charge in [-0.25, -0.2) is 0 Å². The highest BCUT2D eigenvalue weighted by molar-refractivity contribution is 6.31. The Balaban J connectivity index is 2.86. The van der Waals surface area contributed by atoms with Crippen LogP contribution in [0.2, 0.25) is 5.02 Å². The van der Waals surface area contributed by atoms with Gasteiger partial charge in [-0.3, -0.25) is 0 Å². The van der Waals surface area contributed by atoms with Crippen LogP contribution in [0.1, 0.15) is 44.7 Å². The van der Waals surface area contributed by atoms with E-state index in [4.69, 9.17) is 16.3 Å². The lowest BCUT2D eigenvalue weighted by Gasteiger charge is -2.18. The Morgan fingerprint density at radius 2 is 1.83 bits per heavy atom. The van der Waals surface area contributed by atoms with E-state index in [-0.39, 0.29) is 5.92 Å². The standard InChI is InChI=1S/C15H23ClO2/c1-9(2)12-7-15(11(5)6-13(12)16)18-8-14(17)10(3)4/h6-7,9-10,14,17H,8H2,1-5H3. The maximum Gasteiger partial charge on any atom is 0.122 e. The van der Waals surface area contributed by atoms with Crippen molar-refractivity contribution in [2.75, 3.05) is 6.61 Å². The third-order valence-electron chi connectivity index (χ3n) is 3.10. The second kappa shape index (κ2) is 6.44. The average molecular weight is 271 g/mol. The lowest BCUT2D eigenvalue weighted by atomic mass is 10.0. The number of hydrogen-bond acceptors (Lipinski definition) is 2. The summed E-state index contributed by atoms with van der Waals surface area (Å²) in [7, 11) is 0. The molecule has 0 aliphatic heterocycles. The van der Waals surface area contributed by atoms with E-state index in [1.54, 1.807) is 0 Å². The molecule has 3 heteroatoms. The molecular weight excluding hydrogens is 248 g/mol. The van der Waals surface area contributed by atoms with E-state index in [9.17, 15) is 5.11 Å². The van der Waals surface area contributed by atoms with Gasteiger partial charge in [0.25, 0.3) is 0 Å². The molecule has 0 aliphatic rings. The van der Waals surface area contributed by atoms with Gasteiger partial charge in [0, 0.05) is 5.02 Å². The van der Waals surface area contributed by atoms with E-state index >= 15 is 0 Å². The number of hydrogen-bond donors (Lipinski definition) is 1. The Morgan fingerprint density at radius 1 is 1.22 bits per heavy atom. The van der Waals surface area contributed by atoms with Crippen LogP contribution >= 0.6 is 11.6 Å². The van der Waals surface area contributed by atoms with Crippen LogP contribution in [0.15, 0.2) is 12.1 Å². The molecule has 1 N–H and O–H groups in total. The zero-order valence-corrected chi connectivity index (χ0v) is 12.6. The maximum atomic E-state index is 9.76. The first-order chi connectivity index (χ1) is 8.32. The van der Waals surface area contributed by atoms with Crippen LogP contribution in [-0.2, 0) is 0 Å². The predicted octanol–water partition coefficient (Wildman–Crippen LogP) is 4.17. The van der Waals surface area contributed by atoms with E-state index in [2.05, 4.69) is 13.8 Å². The van der Waals surface area contributed by atoms with Crippen molar-refractivity contribution in [2.24, 2.45) is 5.92 Å². The summed E-state index contributed by atoms with van der Waals surface area (Å²) in [5.41, 5.74) is 2.08. The lowest BCUT2D eigenvalue weighted by Crippen LogP contribution is -2.23. The van der Waals surface area contributed by atoms with Crippen LogP contribution in [0.25, 0.3) is 0 Å². The molecule has 18 heavy (non-hydrogen) atoms. The van der Waals surface area contributed by atoms with Crippen molar-refractivity contribution in [3.05, 3.63) is 28.3 Å². The first-order valence-corrected chi connectivity index (χ1v) is 6.81. The molecule has 2 nitrogen and oxygen atoms in total. The fraction of sp³-hybridized carbons (Fsp3) is 0.600. The molecule has 1 unspecified atom stereocenters. The molecule has 0 aliphatic carbocycles. The largest absolute Gasteiger partial charge is 0.491 e. The van der Waals surface area contributed by atoms with E-state index in [1.807, 2.05) is 32.9 Å². The zero-order chi connectivity index (χ0) is 13.9. The van der Waals surface area contributed by atoms with Crippen LogP contribution in [-0.4, -0.2) is 17.8 Å². The van der Waals surface area contributed by atoms with Gasteiger partial charge in [-0.05, 0) is 42.0 Å². The molecule has 102 valence electrons. The quantitative estimate of drug-likeness (QED) is 0.870. The smallest absolute Gasteiger partial charge is 0.122 e. The first-order valence-electron chi connectivity index (χ1n) is 6.43. The molecule has 1 rings (SSSR count). The third-order valence-corrected chi connectivity index (χ3v) is 3.42. The number of ether oxygens (including phenoxy) is 1. The predicted molar refractivity (Wildman–Crippen MR) is 76.6 cm³/mol. The fourth-order valence-corrected chi connectivity index (χ4v) is 2.07. The number of aliphatic hydroxyl groups is 1. The molecule has 0 saturated heterocycles. The van der Waals surface area contributed by atoms with E-state index in [0.29, 0.717) is 12.5 Å². The normalized spacial score (nSPS) is 13.2. The van der Waals surface area contributed by atoms with Gasteiger partial charge in [-0.1, -0.05) is 39.3 Å². The second-order valence-corrected chi connectivity index (χ2v) is 5.82.